The molecule has 21 heavy (non-hydrogen) atoms. The van der Waals surface area contributed by atoms with Crippen molar-refractivity contribution in [3.05, 3.63) is 34.3 Å². The van der Waals surface area contributed by atoms with Gasteiger partial charge in [0.2, 0.25) is 0 Å². The summed E-state index contributed by atoms with van der Waals surface area (Å²) in [6.45, 7) is 5.68. The van der Waals surface area contributed by atoms with Crippen molar-refractivity contribution in [2.45, 2.75) is 51.9 Å². The number of hydrogen-bond acceptors (Lipinski definition) is 2. The van der Waals surface area contributed by atoms with Crippen LogP contribution in [-0.2, 0) is 0 Å². The summed E-state index contributed by atoms with van der Waals surface area (Å²) in [5.41, 5.74) is 1.77. The number of piperidine rings is 1. The van der Waals surface area contributed by atoms with Gasteiger partial charge in [-0.2, -0.15) is 0 Å². The van der Waals surface area contributed by atoms with E-state index in [2.05, 4.69) is 4.90 Å². The standard InChI is InChI=1S/C18H26ClNO/c1-15-9-10-16(14-17(15)19)18(21)8-4-2-5-11-20-12-6-3-7-13-20/h9-10,14H,2-8,11-13H2,1H3. The van der Waals surface area contributed by atoms with E-state index in [0.29, 0.717) is 11.4 Å². The van der Waals surface area contributed by atoms with Crippen LogP contribution in [0.1, 0.15) is 60.9 Å². The molecule has 1 heterocycles. The molecule has 2 nitrogen and oxygen atoms in total. The number of hydrogen-bond donors (Lipinski definition) is 0. The predicted octanol–water partition coefficient (Wildman–Crippen LogP) is 4.88. The Morgan fingerprint density at radius 1 is 1.14 bits per heavy atom. The maximum atomic E-state index is 12.1. The molecule has 1 fully saturated rings. The predicted molar refractivity (Wildman–Crippen MR) is 89.3 cm³/mol. The van der Waals surface area contributed by atoms with Gasteiger partial charge in [-0.3, -0.25) is 4.79 Å². The van der Waals surface area contributed by atoms with E-state index in [0.717, 1.165) is 24.0 Å². The van der Waals surface area contributed by atoms with Gasteiger partial charge in [0, 0.05) is 17.0 Å². The van der Waals surface area contributed by atoms with Crippen LogP contribution in [0.4, 0.5) is 0 Å². The van der Waals surface area contributed by atoms with Crippen LogP contribution in [0.3, 0.4) is 0 Å². The summed E-state index contributed by atoms with van der Waals surface area (Å²) in [6, 6.07) is 5.61. The van der Waals surface area contributed by atoms with E-state index in [1.54, 1.807) is 6.07 Å². The van der Waals surface area contributed by atoms with Gasteiger partial charge >= 0.3 is 0 Å². The quantitative estimate of drug-likeness (QED) is 0.528. The number of carbonyl (C=O) groups excluding carboxylic acids is 1. The lowest BCUT2D eigenvalue weighted by Gasteiger charge is -2.26. The molecule has 0 amide bonds. The van der Waals surface area contributed by atoms with Gasteiger partial charge in [-0.25, -0.2) is 0 Å². The van der Waals surface area contributed by atoms with Crippen molar-refractivity contribution in [1.82, 2.24) is 4.90 Å². The number of likely N-dealkylation sites (tertiary alicyclic amines) is 1. The third kappa shape index (κ3) is 5.44. The first-order valence-electron chi connectivity index (χ1n) is 8.18. The van der Waals surface area contributed by atoms with Gasteiger partial charge in [0.1, 0.15) is 0 Å². The maximum absolute atomic E-state index is 12.1. The Morgan fingerprint density at radius 2 is 1.90 bits per heavy atom. The molecule has 1 aliphatic heterocycles. The highest BCUT2D eigenvalue weighted by Gasteiger charge is 2.10. The summed E-state index contributed by atoms with van der Waals surface area (Å²) in [7, 11) is 0. The van der Waals surface area contributed by atoms with E-state index < -0.39 is 0 Å². The van der Waals surface area contributed by atoms with Crippen molar-refractivity contribution in [3.63, 3.8) is 0 Å². The summed E-state index contributed by atoms with van der Waals surface area (Å²) < 4.78 is 0. The maximum Gasteiger partial charge on any atom is 0.162 e. The van der Waals surface area contributed by atoms with E-state index in [9.17, 15) is 4.79 Å². The molecule has 1 aliphatic rings. The summed E-state index contributed by atoms with van der Waals surface area (Å²) >= 11 is 6.07. The lowest BCUT2D eigenvalue weighted by atomic mass is 10.0. The first-order valence-corrected chi connectivity index (χ1v) is 8.56. The Bertz CT molecular complexity index is 466. The molecule has 1 saturated heterocycles. The molecule has 1 aromatic carbocycles. The minimum absolute atomic E-state index is 0.217. The number of rotatable bonds is 7. The number of carbonyl (C=O) groups is 1. The average molecular weight is 308 g/mol. The molecule has 0 bridgehead atoms. The van der Waals surface area contributed by atoms with Gasteiger partial charge in [-0.05, 0) is 63.9 Å². The second kappa shape index (κ2) is 8.55. The van der Waals surface area contributed by atoms with Gasteiger partial charge in [0.25, 0.3) is 0 Å². The van der Waals surface area contributed by atoms with Crippen LogP contribution < -0.4 is 0 Å². The molecule has 0 atom stereocenters. The Balaban J connectivity index is 1.63. The molecule has 0 unspecified atom stereocenters. The molecule has 0 N–H and O–H groups in total. The second-order valence-corrected chi connectivity index (χ2v) is 6.51. The van der Waals surface area contributed by atoms with Crippen LogP contribution in [-0.4, -0.2) is 30.3 Å². The zero-order chi connectivity index (χ0) is 15.1. The normalized spacial score (nSPS) is 16.1. The summed E-state index contributed by atoms with van der Waals surface area (Å²) in [5.74, 6) is 0.217. The van der Waals surface area contributed by atoms with Crippen LogP contribution in [0.5, 0.6) is 0 Å². The third-order valence-corrected chi connectivity index (χ3v) is 4.73. The van der Waals surface area contributed by atoms with E-state index in [-0.39, 0.29) is 5.78 Å². The summed E-state index contributed by atoms with van der Waals surface area (Å²) in [5, 5.41) is 0.686. The highest BCUT2D eigenvalue weighted by Crippen LogP contribution is 2.18. The van der Waals surface area contributed by atoms with Crippen molar-refractivity contribution in [3.8, 4) is 0 Å². The molecular formula is C18H26ClNO. The Kier molecular flexibility index (Phi) is 6.72. The minimum Gasteiger partial charge on any atom is -0.303 e. The molecule has 0 radical (unpaired) electrons. The third-order valence-electron chi connectivity index (χ3n) is 4.32. The SMILES string of the molecule is Cc1ccc(C(=O)CCCCCN2CCCCC2)cc1Cl. The monoisotopic (exact) mass is 307 g/mol. The Hall–Kier alpha value is -0.860. The summed E-state index contributed by atoms with van der Waals surface area (Å²) in [4.78, 5) is 14.7. The highest BCUT2D eigenvalue weighted by atomic mass is 35.5. The largest absolute Gasteiger partial charge is 0.303 e. The number of Topliss-reactive ketones (excluding diaryl/α,β-unsaturated/α-hetero) is 1. The average Bonchev–Trinajstić information content (AvgIpc) is 2.50. The van der Waals surface area contributed by atoms with E-state index >= 15 is 0 Å². The molecular weight excluding hydrogens is 282 g/mol. The van der Waals surface area contributed by atoms with Gasteiger partial charge < -0.3 is 4.90 Å². The fourth-order valence-electron chi connectivity index (χ4n) is 2.89. The second-order valence-electron chi connectivity index (χ2n) is 6.10. The molecule has 3 heteroatoms. The van der Waals surface area contributed by atoms with Crippen LogP contribution in [0.25, 0.3) is 0 Å². The summed E-state index contributed by atoms with van der Waals surface area (Å²) in [6.07, 6.45) is 8.07. The van der Waals surface area contributed by atoms with Gasteiger partial charge in [0.15, 0.2) is 5.78 Å². The zero-order valence-corrected chi connectivity index (χ0v) is 13.8. The molecule has 2 rings (SSSR count). The topological polar surface area (TPSA) is 20.3 Å². The van der Waals surface area contributed by atoms with E-state index in [1.165, 1.54) is 45.3 Å². The highest BCUT2D eigenvalue weighted by molar-refractivity contribution is 6.31. The Morgan fingerprint density at radius 3 is 2.62 bits per heavy atom. The number of unbranched alkanes of at least 4 members (excludes halogenated alkanes) is 2. The molecule has 0 aliphatic carbocycles. The van der Waals surface area contributed by atoms with Crippen molar-refractivity contribution in [2.24, 2.45) is 0 Å². The number of benzene rings is 1. The molecule has 1 aromatic rings. The van der Waals surface area contributed by atoms with Gasteiger partial charge in [0.05, 0.1) is 0 Å². The van der Waals surface area contributed by atoms with E-state index in [1.807, 2.05) is 19.1 Å². The lowest BCUT2D eigenvalue weighted by molar-refractivity contribution is 0.0978. The lowest BCUT2D eigenvalue weighted by Crippen LogP contribution is -2.30. The van der Waals surface area contributed by atoms with Crippen LogP contribution in [0.15, 0.2) is 18.2 Å². The van der Waals surface area contributed by atoms with Crippen molar-refractivity contribution in [2.75, 3.05) is 19.6 Å². The molecule has 0 spiro atoms. The molecule has 0 saturated carbocycles. The zero-order valence-electron chi connectivity index (χ0n) is 13.0. The van der Waals surface area contributed by atoms with Crippen molar-refractivity contribution in [1.29, 1.82) is 0 Å². The van der Waals surface area contributed by atoms with Crippen LogP contribution in [0, 0.1) is 6.92 Å². The number of halogens is 1. The Labute approximate surface area is 133 Å². The molecule has 116 valence electrons. The fourth-order valence-corrected chi connectivity index (χ4v) is 3.07. The van der Waals surface area contributed by atoms with Crippen LogP contribution >= 0.6 is 11.6 Å². The van der Waals surface area contributed by atoms with Crippen LogP contribution in [0.2, 0.25) is 5.02 Å². The van der Waals surface area contributed by atoms with Gasteiger partial charge in [-0.1, -0.05) is 36.6 Å². The smallest absolute Gasteiger partial charge is 0.162 e. The number of aryl methyl sites for hydroxylation is 1. The van der Waals surface area contributed by atoms with E-state index in [4.69, 9.17) is 11.6 Å². The van der Waals surface area contributed by atoms with Gasteiger partial charge in [-0.15, -0.1) is 0 Å². The molecule has 0 aromatic heterocycles. The first-order chi connectivity index (χ1) is 10.2. The first kappa shape index (κ1) is 16.5. The van der Waals surface area contributed by atoms with Crippen molar-refractivity contribution >= 4 is 17.4 Å². The number of ketones is 1. The number of nitrogens with zero attached hydrogens (tertiary/aromatic N) is 1. The fraction of sp³-hybridized carbons (Fsp3) is 0.611. The van der Waals surface area contributed by atoms with Crippen molar-refractivity contribution < 1.29 is 4.79 Å². The minimum atomic E-state index is 0.217.